The van der Waals surface area contributed by atoms with E-state index < -0.39 is 0 Å². The molecule has 0 saturated carbocycles. The molecular weight excluding hydrogens is 366 g/mol. The first-order valence-corrected chi connectivity index (χ1v) is 10.3. The van der Waals surface area contributed by atoms with E-state index in [9.17, 15) is 0 Å². The van der Waals surface area contributed by atoms with Crippen LogP contribution in [0.2, 0.25) is 0 Å². The maximum atomic E-state index is 3.50. The molecule has 3 heteroatoms. The number of halogens is 1. The van der Waals surface area contributed by atoms with Crippen LogP contribution in [-0.2, 0) is 0 Å². The van der Waals surface area contributed by atoms with Crippen LogP contribution < -0.4 is 0 Å². The van der Waals surface area contributed by atoms with E-state index in [0.717, 1.165) is 5.33 Å². The fourth-order valence-electron chi connectivity index (χ4n) is 2.80. The fraction of sp³-hybridized carbons (Fsp3) is 0.300. The molecule has 3 aromatic rings. The van der Waals surface area contributed by atoms with Gasteiger partial charge in [-0.05, 0) is 36.8 Å². The molecule has 23 heavy (non-hydrogen) atoms. The van der Waals surface area contributed by atoms with Gasteiger partial charge in [-0.3, -0.25) is 0 Å². The zero-order valence-electron chi connectivity index (χ0n) is 13.2. The Morgan fingerprint density at radius 2 is 1.57 bits per heavy atom. The second-order valence-corrected chi connectivity index (χ2v) is 7.60. The summed E-state index contributed by atoms with van der Waals surface area (Å²) < 4.78 is 2.31. The Labute approximate surface area is 151 Å². The number of para-hydroxylation sites is 2. The van der Waals surface area contributed by atoms with Crippen molar-refractivity contribution in [3.63, 3.8) is 0 Å². The summed E-state index contributed by atoms with van der Waals surface area (Å²) in [4.78, 5) is 1.39. The molecule has 0 unspecified atom stereocenters. The van der Waals surface area contributed by atoms with E-state index in [-0.39, 0.29) is 0 Å². The second kappa shape index (κ2) is 8.60. The first-order chi connectivity index (χ1) is 11.4. The Hall–Kier alpha value is -1.19. The average molecular weight is 388 g/mol. The van der Waals surface area contributed by atoms with Gasteiger partial charge in [-0.15, -0.1) is 11.8 Å². The lowest BCUT2D eigenvalue weighted by Crippen LogP contribution is -1.90. The molecule has 0 aliphatic carbocycles. The number of hydrogen-bond acceptors (Lipinski definition) is 1. The molecule has 1 aromatic heterocycles. The molecule has 3 rings (SSSR count). The number of benzene rings is 2. The average Bonchev–Trinajstić information content (AvgIpc) is 2.98. The Morgan fingerprint density at radius 1 is 0.826 bits per heavy atom. The van der Waals surface area contributed by atoms with Crippen molar-refractivity contribution in [3.8, 4) is 5.69 Å². The van der Waals surface area contributed by atoms with Crippen LogP contribution in [0, 0.1) is 0 Å². The van der Waals surface area contributed by atoms with Gasteiger partial charge in [0.15, 0.2) is 0 Å². The van der Waals surface area contributed by atoms with Crippen molar-refractivity contribution in [2.45, 2.75) is 30.6 Å². The van der Waals surface area contributed by atoms with Crippen LogP contribution in [0.25, 0.3) is 16.6 Å². The Bertz CT molecular complexity index is 736. The van der Waals surface area contributed by atoms with Crippen LogP contribution in [0.1, 0.15) is 25.7 Å². The summed E-state index contributed by atoms with van der Waals surface area (Å²) in [5, 5.41) is 2.49. The monoisotopic (exact) mass is 387 g/mol. The van der Waals surface area contributed by atoms with E-state index in [2.05, 4.69) is 81.3 Å². The molecule has 0 aliphatic heterocycles. The maximum Gasteiger partial charge on any atom is 0.0540 e. The van der Waals surface area contributed by atoms with Gasteiger partial charge in [0.25, 0.3) is 0 Å². The summed E-state index contributed by atoms with van der Waals surface area (Å²) in [6.45, 7) is 0. The molecule has 0 bridgehead atoms. The minimum atomic E-state index is 1.13. The standard InChI is InChI=1S/C20H22BrNS/c21-14-8-1-2-9-15-23-20-16-22(17-10-4-3-5-11-17)19-13-7-6-12-18(19)20/h3-7,10-13,16H,1-2,8-9,14-15H2. The molecule has 0 N–H and O–H groups in total. The van der Waals surface area contributed by atoms with E-state index >= 15 is 0 Å². The Kier molecular flexibility index (Phi) is 6.23. The third-order valence-electron chi connectivity index (χ3n) is 4.00. The number of thioether (sulfide) groups is 1. The Balaban J connectivity index is 1.76. The third-order valence-corrected chi connectivity index (χ3v) is 5.69. The van der Waals surface area contributed by atoms with Crippen LogP contribution in [0.3, 0.4) is 0 Å². The summed E-state index contributed by atoms with van der Waals surface area (Å²) in [6.07, 6.45) is 7.54. The molecule has 0 fully saturated rings. The quantitative estimate of drug-likeness (QED) is 0.237. The van der Waals surface area contributed by atoms with Crippen molar-refractivity contribution in [1.82, 2.24) is 4.57 Å². The second-order valence-electron chi connectivity index (χ2n) is 5.67. The molecular formula is C20H22BrNS. The maximum absolute atomic E-state index is 3.50. The highest BCUT2D eigenvalue weighted by Gasteiger charge is 2.09. The SMILES string of the molecule is BrCCCCCCSc1cn(-c2ccccc2)c2ccccc12. The first kappa shape index (κ1) is 16.7. The van der Waals surface area contributed by atoms with Gasteiger partial charge in [0.05, 0.1) is 5.52 Å². The van der Waals surface area contributed by atoms with Crippen LogP contribution in [0.5, 0.6) is 0 Å². The van der Waals surface area contributed by atoms with Crippen molar-refractivity contribution < 1.29 is 0 Å². The van der Waals surface area contributed by atoms with Crippen molar-refractivity contribution >= 4 is 38.6 Å². The number of nitrogens with zero attached hydrogens (tertiary/aromatic N) is 1. The molecule has 0 spiro atoms. The van der Waals surface area contributed by atoms with Gasteiger partial charge < -0.3 is 4.57 Å². The molecule has 0 atom stereocenters. The largest absolute Gasteiger partial charge is 0.315 e. The number of alkyl halides is 1. The Morgan fingerprint density at radius 3 is 2.39 bits per heavy atom. The summed E-state index contributed by atoms with van der Waals surface area (Å²) in [5.74, 6) is 1.20. The molecule has 120 valence electrons. The van der Waals surface area contributed by atoms with Gasteiger partial charge in [0.2, 0.25) is 0 Å². The third kappa shape index (κ3) is 4.21. The topological polar surface area (TPSA) is 4.93 Å². The minimum absolute atomic E-state index is 1.13. The van der Waals surface area contributed by atoms with E-state index in [0.29, 0.717) is 0 Å². The lowest BCUT2D eigenvalue weighted by molar-refractivity contribution is 0.713. The smallest absolute Gasteiger partial charge is 0.0540 e. The summed E-state index contributed by atoms with van der Waals surface area (Å²) in [5.41, 5.74) is 2.52. The molecule has 2 aromatic carbocycles. The van der Waals surface area contributed by atoms with E-state index in [4.69, 9.17) is 0 Å². The predicted octanol–water partition coefficient (Wildman–Crippen LogP) is 6.68. The van der Waals surface area contributed by atoms with Gasteiger partial charge in [0.1, 0.15) is 0 Å². The number of unbranched alkanes of at least 4 members (excludes halogenated alkanes) is 3. The lowest BCUT2D eigenvalue weighted by atomic mass is 10.2. The number of aromatic nitrogens is 1. The van der Waals surface area contributed by atoms with E-state index in [1.165, 1.54) is 52.9 Å². The molecule has 1 nitrogen and oxygen atoms in total. The van der Waals surface area contributed by atoms with Gasteiger partial charge >= 0.3 is 0 Å². The van der Waals surface area contributed by atoms with Crippen LogP contribution in [0.15, 0.2) is 65.7 Å². The zero-order valence-corrected chi connectivity index (χ0v) is 15.7. The molecule has 0 radical (unpaired) electrons. The molecule has 0 saturated heterocycles. The van der Waals surface area contributed by atoms with Gasteiger partial charge in [0, 0.05) is 27.5 Å². The normalized spacial score (nSPS) is 11.2. The van der Waals surface area contributed by atoms with Crippen LogP contribution in [-0.4, -0.2) is 15.7 Å². The summed E-state index contributed by atoms with van der Waals surface area (Å²) in [6, 6.07) is 19.3. The number of hydrogen-bond donors (Lipinski definition) is 0. The summed E-state index contributed by atoms with van der Waals surface area (Å²) in [7, 11) is 0. The molecule has 0 amide bonds. The number of fused-ring (bicyclic) bond motifs is 1. The fourth-order valence-corrected chi connectivity index (χ4v) is 4.27. The van der Waals surface area contributed by atoms with Crippen LogP contribution in [0.4, 0.5) is 0 Å². The van der Waals surface area contributed by atoms with Crippen molar-refractivity contribution in [2.24, 2.45) is 0 Å². The molecule has 0 aliphatic rings. The minimum Gasteiger partial charge on any atom is -0.315 e. The van der Waals surface area contributed by atoms with E-state index in [1.54, 1.807) is 0 Å². The van der Waals surface area contributed by atoms with Crippen molar-refractivity contribution in [3.05, 3.63) is 60.8 Å². The summed E-state index contributed by atoms with van der Waals surface area (Å²) >= 11 is 5.49. The highest BCUT2D eigenvalue weighted by molar-refractivity contribution is 9.09. The van der Waals surface area contributed by atoms with Gasteiger partial charge in [-0.1, -0.05) is 65.2 Å². The van der Waals surface area contributed by atoms with Crippen LogP contribution >= 0.6 is 27.7 Å². The van der Waals surface area contributed by atoms with E-state index in [1.807, 2.05) is 11.8 Å². The van der Waals surface area contributed by atoms with Crippen molar-refractivity contribution in [1.29, 1.82) is 0 Å². The lowest BCUT2D eigenvalue weighted by Gasteiger charge is -2.04. The zero-order chi connectivity index (χ0) is 15.9. The highest BCUT2D eigenvalue weighted by Crippen LogP contribution is 2.32. The highest BCUT2D eigenvalue weighted by atomic mass is 79.9. The molecule has 1 heterocycles. The number of rotatable bonds is 8. The van der Waals surface area contributed by atoms with Gasteiger partial charge in [-0.2, -0.15) is 0 Å². The van der Waals surface area contributed by atoms with Crippen molar-refractivity contribution in [2.75, 3.05) is 11.1 Å². The predicted molar refractivity (Wildman–Crippen MR) is 106 cm³/mol. The van der Waals surface area contributed by atoms with Gasteiger partial charge in [-0.25, -0.2) is 0 Å². The first-order valence-electron chi connectivity index (χ1n) is 8.24.